The Morgan fingerprint density at radius 3 is 2.57 bits per heavy atom. The van der Waals surface area contributed by atoms with Gasteiger partial charge in [-0.15, -0.1) is 0 Å². The summed E-state index contributed by atoms with van der Waals surface area (Å²) in [6, 6.07) is 13.9. The third-order valence-electron chi connectivity index (χ3n) is 4.80. The molecule has 1 aliphatic rings. The van der Waals surface area contributed by atoms with Gasteiger partial charge in [-0.25, -0.2) is 13.1 Å². The van der Waals surface area contributed by atoms with Crippen molar-refractivity contribution < 1.29 is 32.5 Å². The lowest BCUT2D eigenvalue weighted by molar-refractivity contribution is -0.137. The molecular weight excluding hydrogens is 410 g/mol. The van der Waals surface area contributed by atoms with Crippen molar-refractivity contribution in [3.8, 4) is 17.2 Å². The maximum atomic E-state index is 13.0. The van der Waals surface area contributed by atoms with E-state index in [1.165, 1.54) is 12.1 Å². The predicted molar refractivity (Wildman–Crippen MR) is 108 cm³/mol. The summed E-state index contributed by atoms with van der Waals surface area (Å²) in [5, 5.41) is 10.8. The lowest BCUT2D eigenvalue weighted by Crippen LogP contribution is -2.30. The minimum atomic E-state index is -3.99. The summed E-state index contributed by atoms with van der Waals surface area (Å²) in [6.07, 6.45) is -0.427. The first-order chi connectivity index (χ1) is 14.4. The number of ether oxygens (including phenoxy) is 3. The fourth-order valence-electron chi connectivity index (χ4n) is 3.28. The van der Waals surface area contributed by atoms with Crippen molar-refractivity contribution in [3.05, 3.63) is 60.2 Å². The molecule has 0 radical (unpaired) electrons. The molecule has 1 unspecified atom stereocenters. The number of carboxylic acids is 1. The summed E-state index contributed by atoms with van der Waals surface area (Å²) >= 11 is 0. The van der Waals surface area contributed by atoms with Gasteiger partial charge in [0.05, 0.1) is 24.5 Å². The quantitative estimate of drug-likeness (QED) is 0.594. The smallest absolute Gasteiger partial charge is 0.305 e. The van der Waals surface area contributed by atoms with Gasteiger partial charge in [0, 0.05) is 0 Å². The molecule has 0 aromatic heterocycles. The lowest BCUT2D eigenvalue weighted by atomic mass is 10.0. The van der Waals surface area contributed by atoms with Crippen LogP contribution in [0.5, 0.6) is 17.2 Å². The zero-order valence-corrected chi connectivity index (χ0v) is 16.8. The number of hydrogen-bond acceptors (Lipinski definition) is 6. The molecule has 1 aliphatic heterocycles. The molecule has 3 aromatic carbocycles. The van der Waals surface area contributed by atoms with Crippen molar-refractivity contribution in [2.75, 3.05) is 13.9 Å². The van der Waals surface area contributed by atoms with E-state index < -0.39 is 28.5 Å². The molecule has 9 heteroatoms. The van der Waals surface area contributed by atoms with Gasteiger partial charge in [-0.2, -0.15) is 0 Å². The van der Waals surface area contributed by atoms with Gasteiger partial charge in [0.1, 0.15) is 5.75 Å². The largest absolute Gasteiger partial charge is 0.497 e. The molecule has 2 N–H and O–H groups in total. The average molecular weight is 429 g/mol. The molecule has 0 saturated heterocycles. The van der Waals surface area contributed by atoms with E-state index in [9.17, 15) is 18.3 Å². The van der Waals surface area contributed by atoms with Crippen LogP contribution in [0, 0.1) is 0 Å². The molecule has 1 heterocycles. The van der Waals surface area contributed by atoms with Gasteiger partial charge in [0.25, 0.3) is 0 Å². The Morgan fingerprint density at radius 1 is 1.07 bits per heavy atom. The summed E-state index contributed by atoms with van der Waals surface area (Å²) in [7, 11) is -2.43. The number of hydrogen-bond donors (Lipinski definition) is 2. The Bertz CT molecular complexity index is 1220. The number of rotatable bonds is 7. The fourth-order valence-corrected chi connectivity index (χ4v) is 4.54. The molecule has 0 aliphatic carbocycles. The van der Waals surface area contributed by atoms with E-state index in [-0.39, 0.29) is 11.7 Å². The molecule has 156 valence electrons. The zero-order valence-electron chi connectivity index (χ0n) is 16.0. The Hall–Kier alpha value is -3.30. The number of aliphatic carboxylic acids is 1. The van der Waals surface area contributed by atoms with Crippen LogP contribution in [0.25, 0.3) is 10.8 Å². The second kappa shape index (κ2) is 7.85. The van der Waals surface area contributed by atoms with E-state index in [1.807, 2.05) is 0 Å². The highest BCUT2D eigenvalue weighted by atomic mass is 32.2. The van der Waals surface area contributed by atoms with Crippen LogP contribution in [-0.2, 0) is 14.8 Å². The third kappa shape index (κ3) is 4.03. The second-order valence-electron chi connectivity index (χ2n) is 6.76. The van der Waals surface area contributed by atoms with Crippen molar-refractivity contribution in [1.29, 1.82) is 0 Å². The molecule has 0 fully saturated rings. The number of sulfonamides is 1. The monoisotopic (exact) mass is 429 g/mol. The van der Waals surface area contributed by atoms with E-state index >= 15 is 0 Å². The van der Waals surface area contributed by atoms with Gasteiger partial charge < -0.3 is 19.3 Å². The fraction of sp³-hybridized carbons (Fsp3) is 0.190. The van der Waals surface area contributed by atoms with Gasteiger partial charge >= 0.3 is 5.97 Å². The number of fused-ring (bicyclic) bond motifs is 2. The van der Waals surface area contributed by atoms with E-state index in [1.54, 1.807) is 49.6 Å². The molecule has 3 aromatic rings. The van der Waals surface area contributed by atoms with Gasteiger partial charge in [-0.3, -0.25) is 4.79 Å². The van der Waals surface area contributed by atoms with Crippen molar-refractivity contribution in [2.45, 2.75) is 17.4 Å². The highest BCUT2D eigenvalue weighted by molar-refractivity contribution is 7.89. The van der Waals surface area contributed by atoms with Crippen molar-refractivity contribution in [1.82, 2.24) is 4.72 Å². The third-order valence-corrected chi connectivity index (χ3v) is 6.27. The van der Waals surface area contributed by atoms with Gasteiger partial charge in [-0.05, 0) is 52.7 Å². The van der Waals surface area contributed by atoms with E-state index in [0.717, 1.165) is 10.8 Å². The van der Waals surface area contributed by atoms with E-state index in [2.05, 4.69) is 4.72 Å². The van der Waals surface area contributed by atoms with Crippen LogP contribution >= 0.6 is 0 Å². The molecule has 0 bridgehead atoms. The summed E-state index contributed by atoms with van der Waals surface area (Å²) in [6.45, 7) is 0.0655. The van der Waals surface area contributed by atoms with Crippen molar-refractivity contribution in [2.24, 2.45) is 0 Å². The topological polar surface area (TPSA) is 111 Å². The minimum Gasteiger partial charge on any atom is -0.497 e. The van der Waals surface area contributed by atoms with Gasteiger partial charge in [0.15, 0.2) is 11.5 Å². The maximum Gasteiger partial charge on any atom is 0.305 e. The Labute approximate surface area is 173 Å². The Kier molecular flexibility index (Phi) is 5.23. The summed E-state index contributed by atoms with van der Waals surface area (Å²) in [4.78, 5) is 11.4. The van der Waals surface area contributed by atoms with Crippen LogP contribution < -0.4 is 18.9 Å². The number of benzene rings is 3. The molecule has 1 atom stereocenters. The van der Waals surface area contributed by atoms with Gasteiger partial charge in [-0.1, -0.05) is 18.2 Å². The van der Waals surface area contributed by atoms with Crippen LogP contribution in [0.15, 0.2) is 59.5 Å². The molecule has 8 nitrogen and oxygen atoms in total. The SMILES string of the molecule is COc1ccc2cc(S(=O)(=O)NC(CC(=O)O)c3ccc4c(c3)OCO4)ccc2c1. The zero-order chi connectivity index (χ0) is 21.3. The maximum absolute atomic E-state index is 13.0. The molecule has 4 rings (SSSR count). The number of methoxy groups -OCH3 is 1. The van der Waals surface area contributed by atoms with Crippen molar-refractivity contribution >= 4 is 26.8 Å². The van der Waals surface area contributed by atoms with Crippen LogP contribution in [0.3, 0.4) is 0 Å². The minimum absolute atomic E-state index is 0.0382. The van der Waals surface area contributed by atoms with Gasteiger partial charge in [0.2, 0.25) is 16.8 Å². The summed E-state index contributed by atoms with van der Waals surface area (Å²) < 4.78 is 44.3. The summed E-state index contributed by atoms with van der Waals surface area (Å²) in [5.41, 5.74) is 0.468. The molecule has 0 amide bonds. The average Bonchev–Trinajstić information content (AvgIpc) is 3.19. The van der Waals surface area contributed by atoms with Crippen LogP contribution in [0.4, 0.5) is 0 Å². The molecule has 30 heavy (non-hydrogen) atoms. The first-order valence-corrected chi connectivity index (χ1v) is 10.6. The number of carbonyl (C=O) groups is 1. The highest BCUT2D eigenvalue weighted by Crippen LogP contribution is 2.35. The highest BCUT2D eigenvalue weighted by Gasteiger charge is 2.26. The first-order valence-electron chi connectivity index (χ1n) is 9.07. The lowest BCUT2D eigenvalue weighted by Gasteiger charge is -2.18. The van der Waals surface area contributed by atoms with Crippen LogP contribution in [0.2, 0.25) is 0 Å². The first kappa shape index (κ1) is 20.0. The van der Waals surface area contributed by atoms with E-state index in [4.69, 9.17) is 14.2 Å². The standard InChI is InChI=1S/C21H19NO7S/c1-27-16-5-2-14-9-17(6-3-13(14)8-16)30(25,26)22-18(11-21(23)24)15-4-7-19-20(10-15)29-12-28-19/h2-10,18,22H,11-12H2,1H3,(H,23,24). The van der Waals surface area contributed by atoms with Crippen LogP contribution in [-0.4, -0.2) is 33.4 Å². The molecule has 0 saturated carbocycles. The second-order valence-corrected chi connectivity index (χ2v) is 8.47. The Morgan fingerprint density at radius 2 is 1.80 bits per heavy atom. The normalized spacial score (nSPS) is 13.9. The molecule has 0 spiro atoms. The van der Waals surface area contributed by atoms with Crippen molar-refractivity contribution in [3.63, 3.8) is 0 Å². The summed E-state index contributed by atoms with van der Waals surface area (Å²) in [5.74, 6) is 0.508. The number of carboxylic acid groups (broad SMARTS) is 1. The Balaban J connectivity index is 1.66. The number of nitrogens with one attached hydrogen (secondary N) is 1. The van der Waals surface area contributed by atoms with E-state index in [0.29, 0.717) is 22.8 Å². The molecular formula is C21H19NO7S. The van der Waals surface area contributed by atoms with Crippen LogP contribution in [0.1, 0.15) is 18.0 Å². The predicted octanol–water partition coefficient (Wildman–Crippen LogP) is 3.07.